The summed E-state index contributed by atoms with van der Waals surface area (Å²) in [5.41, 5.74) is 2.15. The summed E-state index contributed by atoms with van der Waals surface area (Å²) in [4.78, 5) is 3.36. The molecule has 1 aromatic heterocycles. The number of thiophene rings is 1. The first-order valence-corrected chi connectivity index (χ1v) is 5.48. The van der Waals surface area contributed by atoms with Crippen molar-refractivity contribution in [2.45, 2.75) is 13.0 Å². The molecule has 0 aromatic carbocycles. The zero-order valence-electron chi connectivity index (χ0n) is 8.42. The molecule has 74 valence electrons. The topological polar surface area (TPSA) is 39.1 Å². The highest BCUT2D eigenvalue weighted by Crippen LogP contribution is 2.36. The molecular weight excluding hydrogens is 194 g/mol. The van der Waals surface area contributed by atoms with Crippen molar-refractivity contribution in [2.75, 3.05) is 25.5 Å². The zero-order chi connectivity index (χ0) is 10.1. The standard InChI is InChI=1S/C10H13N3S/c1-13(2)10-8(5-11)7-3-4-12-6-9(7)14-10/h12H,3-4,6H2,1-2H3. The maximum Gasteiger partial charge on any atom is 0.109 e. The summed E-state index contributed by atoms with van der Waals surface area (Å²) in [7, 11) is 3.98. The minimum Gasteiger partial charge on any atom is -0.368 e. The van der Waals surface area contributed by atoms with Crippen molar-refractivity contribution in [1.82, 2.24) is 5.32 Å². The molecule has 0 aliphatic carbocycles. The second-order valence-electron chi connectivity index (χ2n) is 3.62. The third-order valence-electron chi connectivity index (χ3n) is 2.43. The Morgan fingerprint density at radius 2 is 2.29 bits per heavy atom. The fourth-order valence-corrected chi connectivity index (χ4v) is 2.94. The van der Waals surface area contributed by atoms with Gasteiger partial charge in [-0.05, 0) is 18.5 Å². The van der Waals surface area contributed by atoms with Crippen molar-refractivity contribution in [3.05, 3.63) is 16.0 Å². The summed E-state index contributed by atoms with van der Waals surface area (Å²) in [6.45, 7) is 1.91. The summed E-state index contributed by atoms with van der Waals surface area (Å²) < 4.78 is 0. The first-order chi connectivity index (χ1) is 6.74. The largest absolute Gasteiger partial charge is 0.368 e. The predicted octanol–water partition coefficient (Wildman–Crippen LogP) is 1.33. The summed E-state index contributed by atoms with van der Waals surface area (Å²) in [5.74, 6) is 0. The van der Waals surface area contributed by atoms with Crippen LogP contribution in [0.25, 0.3) is 0 Å². The molecule has 0 saturated carbocycles. The van der Waals surface area contributed by atoms with Crippen molar-refractivity contribution in [1.29, 1.82) is 5.26 Å². The van der Waals surface area contributed by atoms with Gasteiger partial charge in [-0.1, -0.05) is 0 Å². The molecule has 14 heavy (non-hydrogen) atoms. The van der Waals surface area contributed by atoms with E-state index in [1.54, 1.807) is 11.3 Å². The Hall–Kier alpha value is -1.05. The lowest BCUT2D eigenvalue weighted by atomic mass is 10.1. The summed E-state index contributed by atoms with van der Waals surface area (Å²) in [5, 5.41) is 13.5. The van der Waals surface area contributed by atoms with Gasteiger partial charge in [0.1, 0.15) is 11.1 Å². The van der Waals surface area contributed by atoms with Crippen LogP contribution in [0.1, 0.15) is 16.0 Å². The molecule has 2 heterocycles. The van der Waals surface area contributed by atoms with Gasteiger partial charge in [0.25, 0.3) is 0 Å². The van der Waals surface area contributed by atoms with E-state index in [1.807, 2.05) is 19.0 Å². The van der Waals surface area contributed by atoms with E-state index in [2.05, 4.69) is 11.4 Å². The van der Waals surface area contributed by atoms with Crippen LogP contribution in [0.5, 0.6) is 0 Å². The Labute approximate surface area is 88.0 Å². The lowest BCUT2D eigenvalue weighted by molar-refractivity contribution is 0.654. The van der Waals surface area contributed by atoms with Crippen molar-refractivity contribution >= 4 is 16.3 Å². The molecular formula is C10H13N3S. The molecule has 1 aromatic rings. The Morgan fingerprint density at radius 3 is 2.93 bits per heavy atom. The van der Waals surface area contributed by atoms with Crippen LogP contribution in [0.3, 0.4) is 0 Å². The highest BCUT2D eigenvalue weighted by molar-refractivity contribution is 7.16. The molecule has 1 N–H and O–H groups in total. The van der Waals surface area contributed by atoms with Crippen molar-refractivity contribution < 1.29 is 0 Å². The summed E-state index contributed by atoms with van der Waals surface area (Å²) in [6, 6.07) is 2.33. The average molecular weight is 207 g/mol. The molecule has 0 atom stereocenters. The van der Waals surface area contributed by atoms with Gasteiger partial charge in [-0.25, -0.2) is 0 Å². The minimum absolute atomic E-state index is 0.886. The smallest absolute Gasteiger partial charge is 0.109 e. The number of rotatable bonds is 1. The van der Waals surface area contributed by atoms with E-state index in [0.717, 1.165) is 30.1 Å². The van der Waals surface area contributed by atoms with E-state index < -0.39 is 0 Å². The molecule has 1 aliphatic rings. The first kappa shape index (κ1) is 9.50. The molecule has 4 heteroatoms. The molecule has 3 nitrogen and oxygen atoms in total. The third kappa shape index (κ3) is 1.39. The highest BCUT2D eigenvalue weighted by atomic mass is 32.1. The third-order valence-corrected chi connectivity index (χ3v) is 3.83. The molecule has 0 saturated heterocycles. The number of fused-ring (bicyclic) bond motifs is 1. The summed E-state index contributed by atoms with van der Waals surface area (Å²) >= 11 is 1.74. The van der Waals surface area contributed by atoms with Crippen LogP contribution >= 0.6 is 11.3 Å². The van der Waals surface area contributed by atoms with E-state index in [1.165, 1.54) is 10.4 Å². The highest BCUT2D eigenvalue weighted by Gasteiger charge is 2.20. The van der Waals surface area contributed by atoms with Gasteiger partial charge in [-0.2, -0.15) is 5.26 Å². The monoisotopic (exact) mass is 207 g/mol. The molecule has 2 rings (SSSR count). The second kappa shape index (κ2) is 3.60. The minimum atomic E-state index is 0.886. The van der Waals surface area contributed by atoms with Crippen molar-refractivity contribution in [3.8, 4) is 6.07 Å². The van der Waals surface area contributed by atoms with Crippen molar-refractivity contribution in [3.63, 3.8) is 0 Å². The first-order valence-electron chi connectivity index (χ1n) is 4.66. The van der Waals surface area contributed by atoms with E-state index in [9.17, 15) is 0 Å². The van der Waals surface area contributed by atoms with Crippen LogP contribution in [-0.4, -0.2) is 20.6 Å². The second-order valence-corrected chi connectivity index (χ2v) is 4.70. The van der Waals surface area contributed by atoms with Gasteiger partial charge >= 0.3 is 0 Å². The van der Waals surface area contributed by atoms with Crippen LogP contribution in [-0.2, 0) is 13.0 Å². The molecule has 0 unspecified atom stereocenters. The Balaban J connectivity index is 2.53. The van der Waals surface area contributed by atoms with Crippen LogP contribution < -0.4 is 10.2 Å². The van der Waals surface area contributed by atoms with Gasteiger partial charge in [0, 0.05) is 25.5 Å². The van der Waals surface area contributed by atoms with Gasteiger partial charge in [0.2, 0.25) is 0 Å². The van der Waals surface area contributed by atoms with Crippen molar-refractivity contribution in [2.24, 2.45) is 0 Å². The maximum absolute atomic E-state index is 9.12. The Morgan fingerprint density at radius 1 is 1.50 bits per heavy atom. The Bertz CT molecular complexity index is 387. The molecule has 0 fully saturated rings. The number of hydrogen-bond donors (Lipinski definition) is 1. The van der Waals surface area contributed by atoms with Gasteiger partial charge in [0.15, 0.2) is 0 Å². The lowest BCUT2D eigenvalue weighted by Gasteiger charge is -2.12. The van der Waals surface area contributed by atoms with Crippen LogP contribution in [0.2, 0.25) is 0 Å². The van der Waals surface area contributed by atoms with E-state index in [4.69, 9.17) is 5.26 Å². The molecule has 1 aliphatic heterocycles. The predicted molar refractivity (Wildman–Crippen MR) is 58.8 cm³/mol. The Kier molecular flexibility index (Phi) is 2.44. The molecule has 0 bridgehead atoms. The normalized spacial score (nSPS) is 14.6. The van der Waals surface area contributed by atoms with Crippen LogP contribution in [0.15, 0.2) is 0 Å². The average Bonchev–Trinajstić information content (AvgIpc) is 2.56. The van der Waals surface area contributed by atoms with E-state index >= 15 is 0 Å². The number of nitrogens with one attached hydrogen (secondary N) is 1. The number of nitriles is 1. The fourth-order valence-electron chi connectivity index (χ4n) is 1.75. The van der Waals surface area contributed by atoms with Crippen LogP contribution in [0, 0.1) is 11.3 Å². The van der Waals surface area contributed by atoms with Gasteiger partial charge in [-0.15, -0.1) is 11.3 Å². The van der Waals surface area contributed by atoms with Gasteiger partial charge < -0.3 is 10.2 Å². The fraction of sp³-hybridized carbons (Fsp3) is 0.500. The van der Waals surface area contributed by atoms with Crippen LogP contribution in [0.4, 0.5) is 5.00 Å². The number of anilines is 1. The molecule has 0 amide bonds. The maximum atomic E-state index is 9.12. The number of nitrogens with zero attached hydrogens (tertiary/aromatic N) is 2. The molecule has 0 spiro atoms. The lowest BCUT2D eigenvalue weighted by Crippen LogP contribution is -2.22. The summed E-state index contributed by atoms with van der Waals surface area (Å²) in [6.07, 6.45) is 0.989. The van der Waals surface area contributed by atoms with E-state index in [-0.39, 0.29) is 0 Å². The zero-order valence-corrected chi connectivity index (χ0v) is 9.24. The molecule has 0 radical (unpaired) electrons. The van der Waals surface area contributed by atoms with Gasteiger partial charge in [-0.3, -0.25) is 0 Å². The SMILES string of the molecule is CN(C)c1sc2c(c1C#N)CCNC2. The quantitative estimate of drug-likeness (QED) is 0.755. The van der Waals surface area contributed by atoms with Gasteiger partial charge in [0.05, 0.1) is 5.56 Å². The number of hydrogen-bond acceptors (Lipinski definition) is 4. The van der Waals surface area contributed by atoms with E-state index in [0.29, 0.717) is 0 Å².